The predicted molar refractivity (Wildman–Crippen MR) is 52.4 cm³/mol. The topological polar surface area (TPSA) is 55.6 Å². The quantitative estimate of drug-likeness (QED) is 0.671. The molecule has 1 amide bonds. The minimum Gasteiger partial charge on any atom is -0.364 e. The Bertz CT molecular complexity index is 169. The zero-order valence-corrected chi connectivity index (χ0v) is 8.96. The molecule has 0 rings (SSSR count). The summed E-state index contributed by atoms with van der Waals surface area (Å²) in [6.45, 7) is 6.88. The molecule has 0 aliphatic carbocycles. The molecule has 0 radical (unpaired) electrons. The molecule has 0 heterocycles. The van der Waals surface area contributed by atoms with E-state index in [9.17, 15) is 4.79 Å². The van der Waals surface area contributed by atoms with Crippen LogP contribution < -0.4 is 5.73 Å². The molecule has 13 heavy (non-hydrogen) atoms. The number of nitrogens with zero attached hydrogens (tertiary/aromatic N) is 1. The number of carbonyl (C=O) groups excluding carboxylic acids is 1. The van der Waals surface area contributed by atoms with Crippen LogP contribution in [0.1, 0.15) is 20.8 Å². The van der Waals surface area contributed by atoms with E-state index in [0.29, 0.717) is 13.1 Å². The number of nitrogens with two attached hydrogens (primary N) is 1. The Kier molecular flexibility index (Phi) is 4.95. The predicted octanol–water partition coefficient (Wildman–Crippen LogP) is 0.219. The standard InChI is InChI=1S/C9H20N2O2/c1-5-11(4)8(12)6-13-9(2,3)7-10/h5-7,10H2,1-4H3. The fourth-order valence-electron chi connectivity index (χ4n) is 0.603. The molecule has 0 bridgehead atoms. The van der Waals surface area contributed by atoms with Gasteiger partial charge in [-0.3, -0.25) is 4.79 Å². The first kappa shape index (κ1) is 12.4. The molecule has 0 aromatic carbocycles. The Morgan fingerprint density at radius 1 is 1.54 bits per heavy atom. The molecule has 78 valence electrons. The maximum absolute atomic E-state index is 11.3. The highest BCUT2D eigenvalue weighted by molar-refractivity contribution is 5.77. The Labute approximate surface area is 80.0 Å². The lowest BCUT2D eigenvalue weighted by Crippen LogP contribution is -2.39. The van der Waals surface area contributed by atoms with Crippen LogP contribution in [0.4, 0.5) is 0 Å². The number of rotatable bonds is 5. The first-order chi connectivity index (χ1) is 5.93. The zero-order valence-electron chi connectivity index (χ0n) is 8.96. The molecule has 0 aliphatic heterocycles. The molecule has 0 aliphatic rings. The number of hydrogen-bond donors (Lipinski definition) is 1. The molecule has 4 nitrogen and oxygen atoms in total. The van der Waals surface area contributed by atoms with Crippen LogP contribution in [0.15, 0.2) is 0 Å². The smallest absolute Gasteiger partial charge is 0.248 e. The normalized spacial score (nSPS) is 11.5. The maximum Gasteiger partial charge on any atom is 0.248 e. The van der Waals surface area contributed by atoms with Gasteiger partial charge in [0.25, 0.3) is 0 Å². The van der Waals surface area contributed by atoms with Gasteiger partial charge < -0.3 is 15.4 Å². The summed E-state index contributed by atoms with van der Waals surface area (Å²) in [4.78, 5) is 12.9. The molecule has 0 fully saturated rings. The summed E-state index contributed by atoms with van der Waals surface area (Å²) in [5.41, 5.74) is 5.04. The minimum absolute atomic E-state index is 0.0102. The fourth-order valence-corrected chi connectivity index (χ4v) is 0.603. The highest BCUT2D eigenvalue weighted by Gasteiger charge is 2.18. The van der Waals surface area contributed by atoms with Crippen LogP contribution in [0.5, 0.6) is 0 Å². The van der Waals surface area contributed by atoms with Crippen LogP contribution in [-0.2, 0) is 9.53 Å². The summed E-state index contributed by atoms with van der Waals surface area (Å²) in [5, 5.41) is 0. The number of amides is 1. The molecular formula is C9H20N2O2. The highest BCUT2D eigenvalue weighted by atomic mass is 16.5. The van der Waals surface area contributed by atoms with Crippen molar-refractivity contribution < 1.29 is 9.53 Å². The Balaban J connectivity index is 3.83. The lowest BCUT2D eigenvalue weighted by Gasteiger charge is -2.24. The summed E-state index contributed by atoms with van der Waals surface area (Å²) in [5.74, 6) is -0.0102. The molecule has 2 N–H and O–H groups in total. The Morgan fingerprint density at radius 2 is 2.08 bits per heavy atom. The van der Waals surface area contributed by atoms with Gasteiger partial charge in [-0.25, -0.2) is 0 Å². The van der Waals surface area contributed by atoms with Crippen molar-refractivity contribution in [3.63, 3.8) is 0 Å². The summed E-state index contributed by atoms with van der Waals surface area (Å²) < 4.78 is 5.35. The van der Waals surface area contributed by atoms with Gasteiger partial charge in [0.1, 0.15) is 6.61 Å². The zero-order chi connectivity index (χ0) is 10.5. The van der Waals surface area contributed by atoms with Gasteiger partial charge in [-0.05, 0) is 20.8 Å². The highest BCUT2D eigenvalue weighted by Crippen LogP contribution is 2.05. The van der Waals surface area contributed by atoms with Crippen molar-refractivity contribution in [3.8, 4) is 0 Å². The second kappa shape index (κ2) is 5.19. The van der Waals surface area contributed by atoms with Gasteiger partial charge in [-0.15, -0.1) is 0 Å². The van der Waals surface area contributed by atoms with Crippen LogP contribution in [0.25, 0.3) is 0 Å². The van der Waals surface area contributed by atoms with E-state index in [0.717, 1.165) is 0 Å². The fraction of sp³-hybridized carbons (Fsp3) is 0.889. The van der Waals surface area contributed by atoms with Crippen molar-refractivity contribution in [2.75, 3.05) is 26.7 Å². The van der Waals surface area contributed by atoms with Crippen molar-refractivity contribution in [2.24, 2.45) is 5.73 Å². The van der Waals surface area contributed by atoms with Crippen molar-refractivity contribution in [3.05, 3.63) is 0 Å². The second-order valence-electron chi connectivity index (χ2n) is 3.66. The van der Waals surface area contributed by atoms with Crippen molar-refractivity contribution in [1.82, 2.24) is 4.90 Å². The first-order valence-electron chi connectivity index (χ1n) is 4.51. The summed E-state index contributed by atoms with van der Waals surface area (Å²) in [6, 6.07) is 0. The van der Waals surface area contributed by atoms with Crippen molar-refractivity contribution in [1.29, 1.82) is 0 Å². The van der Waals surface area contributed by atoms with E-state index in [4.69, 9.17) is 10.5 Å². The van der Waals surface area contributed by atoms with Crippen LogP contribution in [-0.4, -0.2) is 43.2 Å². The molecule has 4 heteroatoms. The monoisotopic (exact) mass is 188 g/mol. The summed E-state index contributed by atoms with van der Waals surface area (Å²) in [6.07, 6.45) is 0. The van der Waals surface area contributed by atoms with Gasteiger partial charge in [0, 0.05) is 20.1 Å². The third kappa shape index (κ3) is 4.85. The van der Waals surface area contributed by atoms with Gasteiger partial charge in [-0.2, -0.15) is 0 Å². The minimum atomic E-state index is -0.412. The number of carbonyl (C=O) groups is 1. The van der Waals surface area contributed by atoms with Gasteiger partial charge >= 0.3 is 0 Å². The lowest BCUT2D eigenvalue weighted by molar-refractivity contribution is -0.139. The molecule has 0 saturated carbocycles. The molecule has 0 spiro atoms. The first-order valence-corrected chi connectivity index (χ1v) is 4.51. The van der Waals surface area contributed by atoms with Crippen LogP contribution in [0, 0.1) is 0 Å². The van der Waals surface area contributed by atoms with E-state index in [1.54, 1.807) is 11.9 Å². The van der Waals surface area contributed by atoms with E-state index in [-0.39, 0.29) is 12.5 Å². The summed E-state index contributed by atoms with van der Waals surface area (Å²) >= 11 is 0. The third-order valence-electron chi connectivity index (χ3n) is 1.98. The Morgan fingerprint density at radius 3 is 2.46 bits per heavy atom. The van der Waals surface area contributed by atoms with E-state index >= 15 is 0 Å². The van der Waals surface area contributed by atoms with E-state index in [2.05, 4.69) is 0 Å². The van der Waals surface area contributed by atoms with Crippen molar-refractivity contribution in [2.45, 2.75) is 26.4 Å². The van der Waals surface area contributed by atoms with Gasteiger partial charge in [0.15, 0.2) is 0 Å². The molecule has 0 saturated heterocycles. The average molecular weight is 188 g/mol. The van der Waals surface area contributed by atoms with Crippen LogP contribution in [0.3, 0.4) is 0 Å². The van der Waals surface area contributed by atoms with Gasteiger partial charge in [0.05, 0.1) is 5.60 Å². The molecule has 0 aromatic rings. The Hall–Kier alpha value is -0.610. The van der Waals surface area contributed by atoms with Crippen LogP contribution in [0.2, 0.25) is 0 Å². The third-order valence-corrected chi connectivity index (χ3v) is 1.98. The second-order valence-corrected chi connectivity index (χ2v) is 3.66. The molecule has 0 aromatic heterocycles. The van der Waals surface area contributed by atoms with E-state index in [1.165, 1.54) is 0 Å². The molecule has 0 atom stereocenters. The molecule has 0 unspecified atom stereocenters. The van der Waals surface area contributed by atoms with Gasteiger partial charge in [-0.1, -0.05) is 0 Å². The number of likely N-dealkylation sites (N-methyl/N-ethyl adjacent to an activating group) is 1. The lowest BCUT2D eigenvalue weighted by atomic mass is 10.1. The van der Waals surface area contributed by atoms with Gasteiger partial charge in [0.2, 0.25) is 5.91 Å². The SMILES string of the molecule is CCN(C)C(=O)COC(C)(C)CN. The largest absolute Gasteiger partial charge is 0.364 e. The van der Waals surface area contributed by atoms with E-state index in [1.807, 2.05) is 20.8 Å². The van der Waals surface area contributed by atoms with E-state index < -0.39 is 5.60 Å². The average Bonchev–Trinajstić information content (AvgIpc) is 2.13. The van der Waals surface area contributed by atoms with Crippen LogP contribution >= 0.6 is 0 Å². The molecular weight excluding hydrogens is 168 g/mol. The van der Waals surface area contributed by atoms with Crippen molar-refractivity contribution >= 4 is 5.91 Å². The number of hydrogen-bond acceptors (Lipinski definition) is 3. The summed E-state index contributed by atoms with van der Waals surface area (Å²) in [7, 11) is 1.75. The maximum atomic E-state index is 11.3. The number of ether oxygens (including phenoxy) is 1.